The Labute approximate surface area is 170 Å². The van der Waals surface area contributed by atoms with E-state index in [1.165, 1.54) is 4.31 Å². The summed E-state index contributed by atoms with van der Waals surface area (Å²) < 4.78 is 32.5. The van der Waals surface area contributed by atoms with E-state index in [1.807, 2.05) is 17.0 Å². The smallest absolute Gasteiger partial charge is 0.248 e. The maximum atomic E-state index is 13.2. The molecule has 1 saturated carbocycles. The molecule has 0 unspecified atom stereocenters. The number of aromatic nitrogens is 2. The predicted octanol–water partition coefficient (Wildman–Crippen LogP) is 2.28. The summed E-state index contributed by atoms with van der Waals surface area (Å²) in [6.45, 7) is 4.48. The highest BCUT2D eigenvalue weighted by Crippen LogP contribution is 2.33. The number of nitrogens with zero attached hydrogens (tertiary/aromatic N) is 4. The largest absolute Gasteiger partial charge is 0.360 e. The number of pyridine rings is 1. The summed E-state index contributed by atoms with van der Waals surface area (Å²) in [5.74, 6) is 0.296. The second-order valence-corrected chi connectivity index (χ2v) is 9.76. The van der Waals surface area contributed by atoms with E-state index in [0.29, 0.717) is 50.0 Å². The van der Waals surface area contributed by atoms with Crippen LogP contribution in [0.25, 0.3) is 0 Å². The first-order valence-corrected chi connectivity index (χ1v) is 11.4. The van der Waals surface area contributed by atoms with Crippen LogP contribution in [-0.4, -0.2) is 52.8 Å². The van der Waals surface area contributed by atoms with Crippen molar-refractivity contribution in [1.29, 1.82) is 0 Å². The van der Waals surface area contributed by atoms with E-state index in [9.17, 15) is 13.2 Å². The van der Waals surface area contributed by atoms with Crippen molar-refractivity contribution >= 4 is 15.9 Å². The molecule has 9 heteroatoms. The van der Waals surface area contributed by atoms with Crippen molar-refractivity contribution in [3.63, 3.8) is 0 Å². The molecule has 0 radical (unpaired) electrons. The molecular weight excluding hydrogens is 392 g/mol. The lowest BCUT2D eigenvalue weighted by Crippen LogP contribution is -2.45. The Kier molecular flexibility index (Phi) is 5.44. The van der Waals surface area contributed by atoms with Crippen molar-refractivity contribution in [3.05, 3.63) is 41.5 Å². The van der Waals surface area contributed by atoms with E-state index in [2.05, 4.69) is 10.1 Å². The van der Waals surface area contributed by atoms with Gasteiger partial charge in [-0.2, -0.15) is 4.31 Å². The number of hydrogen-bond donors (Lipinski definition) is 0. The molecule has 0 bridgehead atoms. The van der Waals surface area contributed by atoms with Crippen LogP contribution in [0.4, 0.5) is 0 Å². The lowest BCUT2D eigenvalue weighted by molar-refractivity contribution is -0.138. The van der Waals surface area contributed by atoms with Crippen molar-refractivity contribution in [2.75, 3.05) is 13.1 Å². The maximum absolute atomic E-state index is 13.2. The van der Waals surface area contributed by atoms with Gasteiger partial charge in [0.25, 0.3) is 0 Å². The topological polar surface area (TPSA) is 96.6 Å². The number of amides is 1. The van der Waals surface area contributed by atoms with Gasteiger partial charge in [0, 0.05) is 44.0 Å². The molecule has 2 aliphatic rings. The van der Waals surface area contributed by atoms with Crippen molar-refractivity contribution in [1.82, 2.24) is 19.3 Å². The fraction of sp³-hybridized carbons (Fsp3) is 0.550. The van der Waals surface area contributed by atoms with Gasteiger partial charge >= 0.3 is 0 Å². The van der Waals surface area contributed by atoms with E-state index in [-0.39, 0.29) is 16.7 Å². The summed E-state index contributed by atoms with van der Waals surface area (Å²) in [7, 11) is -3.66. The Hall–Kier alpha value is -2.26. The number of piperidine rings is 1. The SMILES string of the molecule is Cc1noc(C)c1S(=O)(=O)N1CCC(C(=O)N(Cc2ccncc2)C2CC2)CC1. The summed E-state index contributed by atoms with van der Waals surface area (Å²) in [6.07, 6.45) is 6.61. The molecular formula is C20H26N4O4S. The van der Waals surface area contributed by atoms with Gasteiger partial charge in [0.15, 0.2) is 5.76 Å². The first kappa shape index (κ1) is 20.0. The highest BCUT2D eigenvalue weighted by Gasteiger charge is 2.39. The van der Waals surface area contributed by atoms with Crippen molar-refractivity contribution in [2.45, 2.75) is 57.0 Å². The predicted molar refractivity (Wildman–Crippen MR) is 105 cm³/mol. The molecule has 29 heavy (non-hydrogen) atoms. The van der Waals surface area contributed by atoms with Gasteiger partial charge in [-0.05, 0) is 57.2 Å². The number of carbonyl (C=O) groups is 1. The minimum absolute atomic E-state index is 0.138. The molecule has 2 fully saturated rings. The van der Waals surface area contributed by atoms with Crippen LogP contribution in [0.5, 0.6) is 0 Å². The summed E-state index contributed by atoms with van der Waals surface area (Å²) in [4.78, 5) is 19.4. The Morgan fingerprint density at radius 3 is 2.38 bits per heavy atom. The van der Waals surface area contributed by atoms with Crippen molar-refractivity contribution < 1.29 is 17.7 Å². The zero-order valence-electron chi connectivity index (χ0n) is 16.7. The van der Waals surface area contributed by atoms with Gasteiger partial charge in [-0.1, -0.05) is 5.16 Å². The third-order valence-corrected chi connectivity index (χ3v) is 7.89. The van der Waals surface area contributed by atoms with Gasteiger partial charge in [0.1, 0.15) is 10.6 Å². The summed E-state index contributed by atoms with van der Waals surface area (Å²) in [5, 5.41) is 3.76. The molecule has 8 nitrogen and oxygen atoms in total. The minimum atomic E-state index is -3.66. The highest BCUT2D eigenvalue weighted by atomic mass is 32.2. The molecule has 1 saturated heterocycles. The third kappa shape index (κ3) is 4.06. The number of carbonyl (C=O) groups excluding carboxylic acids is 1. The van der Waals surface area contributed by atoms with Crippen LogP contribution in [0.1, 0.15) is 42.7 Å². The average molecular weight is 419 g/mol. The van der Waals surface area contributed by atoms with E-state index in [1.54, 1.807) is 26.2 Å². The molecule has 1 aliphatic carbocycles. The van der Waals surface area contributed by atoms with E-state index in [4.69, 9.17) is 4.52 Å². The Balaban J connectivity index is 1.43. The molecule has 0 N–H and O–H groups in total. The molecule has 1 aliphatic heterocycles. The monoisotopic (exact) mass is 418 g/mol. The number of sulfonamides is 1. The van der Waals surface area contributed by atoms with Gasteiger partial charge in [-0.3, -0.25) is 9.78 Å². The molecule has 0 aromatic carbocycles. The van der Waals surface area contributed by atoms with Gasteiger partial charge in [-0.25, -0.2) is 8.42 Å². The molecule has 0 spiro atoms. The summed E-state index contributed by atoms with van der Waals surface area (Å²) in [6, 6.07) is 4.17. The Morgan fingerprint density at radius 1 is 1.17 bits per heavy atom. The van der Waals surface area contributed by atoms with Gasteiger partial charge in [-0.15, -0.1) is 0 Å². The normalized spacial score (nSPS) is 18.7. The van der Waals surface area contributed by atoms with Crippen LogP contribution in [0, 0.1) is 19.8 Å². The van der Waals surface area contributed by atoms with Crippen molar-refractivity contribution in [2.24, 2.45) is 5.92 Å². The van der Waals surface area contributed by atoms with Crippen LogP contribution in [-0.2, 0) is 21.4 Å². The zero-order valence-corrected chi connectivity index (χ0v) is 17.6. The zero-order chi connectivity index (χ0) is 20.6. The van der Waals surface area contributed by atoms with E-state index < -0.39 is 10.0 Å². The Bertz CT molecular complexity index is 958. The number of rotatable bonds is 6. The fourth-order valence-electron chi connectivity index (χ4n) is 4.01. The van der Waals surface area contributed by atoms with Crippen LogP contribution in [0.2, 0.25) is 0 Å². The Morgan fingerprint density at radius 2 is 1.83 bits per heavy atom. The van der Waals surface area contributed by atoms with Crippen LogP contribution in [0.3, 0.4) is 0 Å². The fourth-order valence-corrected chi connectivity index (χ4v) is 5.77. The van der Waals surface area contributed by atoms with Gasteiger partial charge < -0.3 is 9.42 Å². The molecule has 0 atom stereocenters. The third-order valence-electron chi connectivity index (χ3n) is 5.74. The minimum Gasteiger partial charge on any atom is -0.360 e. The highest BCUT2D eigenvalue weighted by molar-refractivity contribution is 7.89. The standard InChI is InChI=1S/C20H26N4O4S/c1-14-19(15(2)28-22-14)29(26,27)23-11-7-17(8-12-23)20(25)24(18-3-4-18)13-16-5-9-21-10-6-16/h5-6,9-10,17-18H,3-4,7-8,11-13H2,1-2H3. The quantitative estimate of drug-likeness (QED) is 0.714. The van der Waals surface area contributed by atoms with Crippen LogP contribution < -0.4 is 0 Å². The second kappa shape index (κ2) is 7.87. The second-order valence-electron chi connectivity index (χ2n) is 7.88. The average Bonchev–Trinajstić information content (AvgIpc) is 3.50. The first-order chi connectivity index (χ1) is 13.9. The van der Waals surface area contributed by atoms with E-state index in [0.717, 1.165) is 18.4 Å². The van der Waals surface area contributed by atoms with Crippen LogP contribution >= 0.6 is 0 Å². The molecule has 4 rings (SSSR count). The number of hydrogen-bond acceptors (Lipinski definition) is 6. The van der Waals surface area contributed by atoms with Gasteiger partial charge in [0.2, 0.25) is 15.9 Å². The lowest BCUT2D eigenvalue weighted by atomic mass is 9.96. The van der Waals surface area contributed by atoms with Crippen LogP contribution in [0.15, 0.2) is 33.9 Å². The van der Waals surface area contributed by atoms with E-state index >= 15 is 0 Å². The molecule has 156 valence electrons. The number of aryl methyl sites for hydroxylation is 2. The molecule has 2 aromatic rings. The first-order valence-electron chi connectivity index (χ1n) is 10.0. The summed E-state index contributed by atoms with van der Waals surface area (Å²) in [5.41, 5.74) is 1.44. The summed E-state index contributed by atoms with van der Waals surface area (Å²) >= 11 is 0. The molecule has 2 aromatic heterocycles. The molecule has 3 heterocycles. The molecule has 1 amide bonds. The maximum Gasteiger partial charge on any atom is 0.248 e. The van der Waals surface area contributed by atoms with Crippen molar-refractivity contribution in [3.8, 4) is 0 Å². The lowest BCUT2D eigenvalue weighted by Gasteiger charge is -2.33. The van der Waals surface area contributed by atoms with Gasteiger partial charge in [0.05, 0.1) is 0 Å².